The third kappa shape index (κ3) is 7.65. The minimum atomic E-state index is -0.194. The number of nitrogens with one attached hydrogen (secondary N) is 3. The highest BCUT2D eigenvalue weighted by molar-refractivity contribution is 6.35. The van der Waals surface area contributed by atoms with Crippen LogP contribution in [0.1, 0.15) is 68.1 Å². The number of fused-ring (bicyclic) bond motifs is 1. The summed E-state index contributed by atoms with van der Waals surface area (Å²) >= 11 is 6.53. The molecule has 1 aliphatic rings. The summed E-state index contributed by atoms with van der Waals surface area (Å²) in [5.74, 6) is 2.87. The highest BCUT2D eigenvalue weighted by atomic mass is 35.5. The van der Waals surface area contributed by atoms with Crippen molar-refractivity contribution in [3.63, 3.8) is 0 Å². The van der Waals surface area contributed by atoms with Crippen molar-refractivity contribution >= 4 is 57.7 Å². The molecule has 1 aliphatic carbocycles. The van der Waals surface area contributed by atoms with Crippen LogP contribution in [0.3, 0.4) is 0 Å². The number of carbonyl (C=O) groups excluding carboxylic acids is 2. The van der Waals surface area contributed by atoms with Gasteiger partial charge in [0, 0.05) is 42.5 Å². The summed E-state index contributed by atoms with van der Waals surface area (Å²) in [4.78, 5) is 40.7. The zero-order valence-electron chi connectivity index (χ0n) is 21.9. The Kier molecular flexibility index (Phi) is 9.65. The molecule has 0 unspecified atom stereocenters. The number of hydrogen-bond acceptors (Lipinski definition) is 6. The molecule has 0 atom stereocenters. The van der Waals surface area contributed by atoms with Gasteiger partial charge in [0.2, 0.25) is 5.95 Å². The highest BCUT2D eigenvalue weighted by Crippen LogP contribution is 2.29. The van der Waals surface area contributed by atoms with Gasteiger partial charge in [-0.3, -0.25) is 14.6 Å². The molecule has 0 radical (unpaired) electrons. The van der Waals surface area contributed by atoms with Gasteiger partial charge in [-0.1, -0.05) is 23.1 Å². The molecule has 3 aromatic rings. The number of carbonyl (C=O) groups is 2. The number of nitrogens with zero attached hydrogens (tertiary/aromatic N) is 3. The number of aliphatic imine (C=N–C) groups is 1. The van der Waals surface area contributed by atoms with Crippen molar-refractivity contribution in [1.29, 1.82) is 0 Å². The van der Waals surface area contributed by atoms with Crippen molar-refractivity contribution in [3.05, 3.63) is 64.6 Å². The Hall–Kier alpha value is -4.22. The maximum Gasteiger partial charge on any atom is 0.267 e. The molecule has 0 fully saturated rings. The van der Waals surface area contributed by atoms with Gasteiger partial charge in [-0.15, -0.1) is 6.42 Å². The van der Waals surface area contributed by atoms with Gasteiger partial charge in [0.05, 0.1) is 21.9 Å². The van der Waals surface area contributed by atoms with E-state index in [1.165, 1.54) is 5.57 Å². The van der Waals surface area contributed by atoms with Crippen LogP contribution in [0, 0.1) is 12.3 Å². The first-order valence-electron chi connectivity index (χ1n) is 13.0. The first-order valence-corrected chi connectivity index (χ1v) is 13.4. The summed E-state index contributed by atoms with van der Waals surface area (Å²) in [6.07, 6.45) is 18.4. The van der Waals surface area contributed by atoms with E-state index in [0.29, 0.717) is 52.2 Å². The van der Waals surface area contributed by atoms with Crippen molar-refractivity contribution in [2.24, 2.45) is 4.99 Å². The van der Waals surface area contributed by atoms with Crippen molar-refractivity contribution in [1.82, 2.24) is 20.3 Å². The predicted molar refractivity (Wildman–Crippen MR) is 157 cm³/mol. The Bertz CT molecular complexity index is 1490. The molecule has 0 saturated carbocycles. The van der Waals surface area contributed by atoms with Crippen LogP contribution in [-0.2, 0) is 4.79 Å². The van der Waals surface area contributed by atoms with Crippen LogP contribution < -0.4 is 10.6 Å². The number of unbranched alkanes of at least 4 members (excludes halogenated alkanes) is 1. The van der Waals surface area contributed by atoms with E-state index in [9.17, 15) is 9.59 Å². The quantitative estimate of drug-likeness (QED) is 0.156. The SMILES string of the molecule is C#CC=C(N=CC)c1ccnc(Nc2cc(Cl)c3[nH]c(C(=O)NCCCCC4=CC(=O)CCCC4)cc3c2)n1. The minimum absolute atomic E-state index is 0.194. The summed E-state index contributed by atoms with van der Waals surface area (Å²) in [5.41, 5.74) is 4.13. The van der Waals surface area contributed by atoms with E-state index < -0.39 is 0 Å². The van der Waals surface area contributed by atoms with Crippen molar-refractivity contribution in [2.75, 3.05) is 11.9 Å². The lowest BCUT2D eigenvalue weighted by atomic mass is 10.0. The van der Waals surface area contributed by atoms with Crippen LogP contribution >= 0.6 is 11.6 Å². The lowest BCUT2D eigenvalue weighted by Crippen LogP contribution is -2.24. The number of anilines is 2. The molecule has 1 amide bonds. The van der Waals surface area contributed by atoms with E-state index in [1.807, 2.05) is 12.1 Å². The third-order valence-electron chi connectivity index (χ3n) is 6.33. The monoisotopic (exact) mass is 542 g/mol. The molecule has 2 heterocycles. The topological polar surface area (TPSA) is 112 Å². The van der Waals surface area contributed by atoms with Crippen molar-refractivity contribution in [3.8, 4) is 12.3 Å². The predicted octanol–water partition coefficient (Wildman–Crippen LogP) is 6.39. The number of halogens is 1. The largest absolute Gasteiger partial charge is 0.351 e. The van der Waals surface area contributed by atoms with Crippen molar-refractivity contribution in [2.45, 2.75) is 51.9 Å². The van der Waals surface area contributed by atoms with Crippen LogP contribution in [-0.4, -0.2) is 39.4 Å². The zero-order valence-corrected chi connectivity index (χ0v) is 22.6. The standard InChI is InChI=1S/C30H31ClN6O2/c1-3-9-25(32-4-2)26-13-15-34-30(37-26)35-22-17-21-18-27(36-28(21)24(31)19-22)29(39)33-14-8-7-11-20-10-5-6-12-23(38)16-20/h1,4,9,13,15-19,36H,5-8,10-12,14H2,2H3,(H,33,39)(H,34,35,37). The molecule has 39 heavy (non-hydrogen) atoms. The number of H-pyrrole nitrogens is 1. The van der Waals surface area contributed by atoms with Gasteiger partial charge in [-0.25, -0.2) is 9.97 Å². The van der Waals surface area contributed by atoms with Crippen LogP contribution in [0.25, 0.3) is 16.6 Å². The lowest BCUT2D eigenvalue weighted by molar-refractivity contribution is -0.114. The van der Waals surface area contributed by atoms with Crippen molar-refractivity contribution < 1.29 is 9.59 Å². The van der Waals surface area contributed by atoms with E-state index in [-0.39, 0.29) is 11.7 Å². The average molecular weight is 543 g/mol. The number of aromatic amines is 1. The second-order valence-corrected chi connectivity index (χ2v) is 9.68. The molecule has 4 rings (SSSR count). The second-order valence-electron chi connectivity index (χ2n) is 9.27. The zero-order chi connectivity index (χ0) is 27.6. The highest BCUT2D eigenvalue weighted by Gasteiger charge is 2.14. The number of allylic oxidation sites excluding steroid dienone is 3. The van der Waals surface area contributed by atoms with Crippen LogP contribution in [0.5, 0.6) is 0 Å². The van der Waals surface area contributed by atoms with E-state index in [2.05, 4.69) is 36.5 Å². The summed E-state index contributed by atoms with van der Waals surface area (Å²) in [5, 5.41) is 7.36. The van der Waals surface area contributed by atoms with Gasteiger partial charge >= 0.3 is 0 Å². The number of hydrogen-bond donors (Lipinski definition) is 3. The molecule has 0 spiro atoms. The Labute approximate surface area is 233 Å². The molecule has 0 aliphatic heterocycles. The molecular formula is C30H31ClN6O2. The van der Waals surface area contributed by atoms with Crippen LogP contribution in [0.4, 0.5) is 11.6 Å². The molecular weight excluding hydrogens is 512 g/mol. The average Bonchev–Trinajstić information content (AvgIpc) is 3.24. The van der Waals surface area contributed by atoms with Gasteiger partial charge in [0.1, 0.15) is 5.69 Å². The molecule has 0 bridgehead atoms. The van der Waals surface area contributed by atoms with E-state index >= 15 is 0 Å². The molecule has 2 aromatic heterocycles. The Morgan fingerprint density at radius 1 is 1.26 bits per heavy atom. The summed E-state index contributed by atoms with van der Waals surface area (Å²) < 4.78 is 0. The Balaban J connectivity index is 1.37. The van der Waals surface area contributed by atoms with Crippen LogP contribution in [0.2, 0.25) is 5.02 Å². The smallest absolute Gasteiger partial charge is 0.267 e. The fourth-order valence-electron chi connectivity index (χ4n) is 4.48. The molecule has 0 saturated heterocycles. The number of amides is 1. The molecule has 9 heteroatoms. The molecule has 8 nitrogen and oxygen atoms in total. The molecule has 3 N–H and O–H groups in total. The fraction of sp³-hybridized carbons (Fsp3) is 0.300. The first-order chi connectivity index (χ1) is 19.0. The number of rotatable bonds is 10. The number of benzene rings is 1. The maximum atomic E-state index is 12.8. The Morgan fingerprint density at radius 3 is 2.92 bits per heavy atom. The van der Waals surface area contributed by atoms with Gasteiger partial charge in [0.25, 0.3) is 5.91 Å². The number of ketones is 1. The Morgan fingerprint density at radius 2 is 2.10 bits per heavy atom. The molecule has 1 aromatic carbocycles. The number of terminal acetylenes is 1. The molecule has 200 valence electrons. The third-order valence-corrected chi connectivity index (χ3v) is 6.63. The normalized spacial score (nSPS) is 14.2. The first kappa shape index (κ1) is 27.8. The lowest BCUT2D eigenvalue weighted by Gasteiger charge is -2.07. The van der Waals surface area contributed by atoms with Crippen LogP contribution in [0.15, 0.2) is 53.2 Å². The van der Waals surface area contributed by atoms with E-state index in [4.69, 9.17) is 18.0 Å². The number of aromatic nitrogens is 3. The minimum Gasteiger partial charge on any atom is -0.351 e. The van der Waals surface area contributed by atoms with E-state index in [0.717, 1.165) is 43.9 Å². The van der Waals surface area contributed by atoms with Gasteiger partial charge in [-0.05, 0) is 75.8 Å². The van der Waals surface area contributed by atoms with Gasteiger partial charge in [0.15, 0.2) is 5.78 Å². The summed E-state index contributed by atoms with van der Waals surface area (Å²) in [7, 11) is 0. The van der Waals surface area contributed by atoms with Gasteiger partial charge in [-0.2, -0.15) is 0 Å². The van der Waals surface area contributed by atoms with E-state index in [1.54, 1.807) is 43.6 Å². The fourth-order valence-corrected chi connectivity index (χ4v) is 4.75. The second kappa shape index (κ2) is 13.5. The summed E-state index contributed by atoms with van der Waals surface area (Å²) in [6, 6.07) is 7.11. The summed E-state index contributed by atoms with van der Waals surface area (Å²) in [6.45, 7) is 2.36. The van der Waals surface area contributed by atoms with Gasteiger partial charge < -0.3 is 15.6 Å². The maximum absolute atomic E-state index is 12.8.